The predicted molar refractivity (Wildman–Crippen MR) is 77.2 cm³/mol. The lowest BCUT2D eigenvalue weighted by molar-refractivity contribution is 0.0933. The maximum atomic E-state index is 12.2. The number of carbonyl (C=O) groups excluding carboxylic acids is 1. The molecule has 2 heterocycles. The number of carbonyl (C=O) groups is 1. The summed E-state index contributed by atoms with van der Waals surface area (Å²) in [5.41, 5.74) is 5.55. The number of hydrogen-bond acceptors (Lipinski definition) is 6. The largest absolute Gasteiger partial charge is 0.375 e. The van der Waals surface area contributed by atoms with E-state index < -0.39 is 0 Å². The number of thiazole rings is 1. The van der Waals surface area contributed by atoms with Gasteiger partial charge in [-0.25, -0.2) is 9.97 Å². The van der Waals surface area contributed by atoms with Crippen LogP contribution in [-0.2, 0) is 7.05 Å². The van der Waals surface area contributed by atoms with Crippen LogP contribution in [0.25, 0.3) is 0 Å². The van der Waals surface area contributed by atoms with Crippen molar-refractivity contribution in [2.24, 2.45) is 13.0 Å². The average molecular weight is 294 g/mol. The van der Waals surface area contributed by atoms with Crippen molar-refractivity contribution in [1.29, 1.82) is 0 Å². The van der Waals surface area contributed by atoms with E-state index in [1.54, 1.807) is 4.68 Å². The summed E-state index contributed by atoms with van der Waals surface area (Å²) in [7, 11) is 1.81. The van der Waals surface area contributed by atoms with E-state index in [0.29, 0.717) is 15.9 Å². The van der Waals surface area contributed by atoms with Crippen molar-refractivity contribution in [2.75, 3.05) is 5.73 Å². The first-order chi connectivity index (χ1) is 9.47. The van der Waals surface area contributed by atoms with Crippen LogP contribution in [0.2, 0.25) is 0 Å². The smallest absolute Gasteiger partial charge is 0.263 e. The molecular weight excluding hydrogens is 276 g/mol. The van der Waals surface area contributed by atoms with Crippen molar-refractivity contribution in [3.63, 3.8) is 0 Å². The average Bonchev–Trinajstić information content (AvgIpc) is 2.96. The van der Waals surface area contributed by atoms with Gasteiger partial charge in [0.1, 0.15) is 17.0 Å². The summed E-state index contributed by atoms with van der Waals surface area (Å²) in [6.45, 7) is 4.19. The predicted octanol–water partition coefficient (Wildman–Crippen LogP) is 1.37. The van der Waals surface area contributed by atoms with Gasteiger partial charge in [-0.3, -0.25) is 9.48 Å². The minimum absolute atomic E-state index is 0.182. The quantitative estimate of drug-likeness (QED) is 0.867. The van der Waals surface area contributed by atoms with Crippen molar-refractivity contribution < 1.29 is 4.79 Å². The molecule has 0 aliphatic carbocycles. The summed E-state index contributed by atoms with van der Waals surface area (Å²) in [5, 5.41) is 7.41. The summed E-state index contributed by atoms with van der Waals surface area (Å²) in [6.07, 6.45) is 3.75. The Labute approximate surface area is 121 Å². The van der Waals surface area contributed by atoms with Crippen LogP contribution in [-0.4, -0.2) is 25.7 Å². The molecule has 0 aliphatic heterocycles. The molecule has 1 amide bonds. The highest BCUT2D eigenvalue weighted by Gasteiger charge is 2.22. The standard InChI is InChI=1S/C12H18N6OS/c1-7(2)4-8(10-15-6-16-18(10)3)17-11(19)9-5-14-12(13)20-9/h5-8H,4H2,1-3H3,(H2,13,14)(H,17,19). The van der Waals surface area contributed by atoms with E-state index in [0.717, 1.165) is 12.2 Å². The van der Waals surface area contributed by atoms with Gasteiger partial charge in [-0.15, -0.1) is 0 Å². The van der Waals surface area contributed by atoms with Gasteiger partial charge in [0.05, 0.1) is 12.2 Å². The Kier molecular flexibility index (Phi) is 4.33. The SMILES string of the molecule is CC(C)CC(NC(=O)c1cnc(N)s1)c1ncnn1C. The third kappa shape index (κ3) is 3.32. The Balaban J connectivity index is 2.16. The van der Waals surface area contributed by atoms with Gasteiger partial charge in [0.25, 0.3) is 5.91 Å². The van der Waals surface area contributed by atoms with E-state index in [1.165, 1.54) is 23.9 Å². The highest BCUT2D eigenvalue weighted by molar-refractivity contribution is 7.17. The van der Waals surface area contributed by atoms with E-state index in [2.05, 4.69) is 34.2 Å². The number of anilines is 1. The molecule has 0 aliphatic rings. The van der Waals surface area contributed by atoms with Crippen LogP contribution < -0.4 is 11.1 Å². The van der Waals surface area contributed by atoms with Gasteiger partial charge >= 0.3 is 0 Å². The monoisotopic (exact) mass is 294 g/mol. The Morgan fingerprint density at radius 2 is 2.25 bits per heavy atom. The number of nitrogens with one attached hydrogen (secondary N) is 1. The normalized spacial score (nSPS) is 12.6. The molecule has 20 heavy (non-hydrogen) atoms. The van der Waals surface area contributed by atoms with Gasteiger partial charge < -0.3 is 11.1 Å². The van der Waals surface area contributed by atoms with Crippen LogP contribution in [0.3, 0.4) is 0 Å². The van der Waals surface area contributed by atoms with E-state index in [9.17, 15) is 4.79 Å². The molecule has 108 valence electrons. The molecular formula is C12H18N6OS. The zero-order valence-corrected chi connectivity index (χ0v) is 12.5. The first-order valence-corrected chi connectivity index (χ1v) is 7.15. The topological polar surface area (TPSA) is 98.7 Å². The maximum Gasteiger partial charge on any atom is 0.263 e. The van der Waals surface area contributed by atoms with Crippen molar-refractivity contribution in [1.82, 2.24) is 25.1 Å². The van der Waals surface area contributed by atoms with E-state index in [-0.39, 0.29) is 11.9 Å². The Bertz CT molecular complexity index is 590. The molecule has 3 N–H and O–H groups in total. The Hall–Kier alpha value is -1.96. The molecule has 0 spiro atoms. The van der Waals surface area contributed by atoms with Gasteiger partial charge in [0.2, 0.25) is 0 Å². The van der Waals surface area contributed by atoms with E-state index >= 15 is 0 Å². The highest BCUT2D eigenvalue weighted by atomic mass is 32.1. The minimum atomic E-state index is -0.187. The van der Waals surface area contributed by atoms with Crippen LogP contribution in [0.5, 0.6) is 0 Å². The molecule has 0 saturated heterocycles. The van der Waals surface area contributed by atoms with Crippen LogP contribution in [0.1, 0.15) is 41.8 Å². The second kappa shape index (κ2) is 6.00. The molecule has 7 nitrogen and oxygen atoms in total. The second-order valence-corrected chi connectivity index (χ2v) is 6.02. The minimum Gasteiger partial charge on any atom is -0.375 e. The number of amides is 1. The van der Waals surface area contributed by atoms with Crippen molar-refractivity contribution in [3.8, 4) is 0 Å². The summed E-state index contributed by atoms with van der Waals surface area (Å²) in [4.78, 5) is 20.8. The van der Waals surface area contributed by atoms with Gasteiger partial charge in [-0.1, -0.05) is 25.2 Å². The van der Waals surface area contributed by atoms with E-state index in [4.69, 9.17) is 5.73 Å². The molecule has 8 heteroatoms. The molecule has 2 aromatic rings. The third-order valence-corrected chi connectivity index (χ3v) is 3.64. The lowest BCUT2D eigenvalue weighted by Crippen LogP contribution is -2.31. The molecule has 1 atom stereocenters. The number of nitrogens with two attached hydrogens (primary N) is 1. The van der Waals surface area contributed by atoms with Gasteiger partial charge in [-0.2, -0.15) is 5.10 Å². The van der Waals surface area contributed by atoms with Crippen LogP contribution in [0.15, 0.2) is 12.5 Å². The number of hydrogen-bond donors (Lipinski definition) is 2. The van der Waals surface area contributed by atoms with Crippen LogP contribution >= 0.6 is 11.3 Å². The highest BCUT2D eigenvalue weighted by Crippen LogP contribution is 2.21. The summed E-state index contributed by atoms with van der Waals surface area (Å²) in [5.74, 6) is 0.973. The fourth-order valence-corrected chi connectivity index (χ4v) is 2.53. The summed E-state index contributed by atoms with van der Waals surface area (Å²) in [6, 6.07) is -0.182. The molecule has 0 saturated carbocycles. The first-order valence-electron chi connectivity index (χ1n) is 6.33. The summed E-state index contributed by atoms with van der Waals surface area (Å²) < 4.78 is 1.67. The number of aromatic nitrogens is 4. The molecule has 0 fully saturated rings. The third-order valence-electron chi connectivity index (χ3n) is 2.82. The van der Waals surface area contributed by atoms with Crippen molar-refractivity contribution >= 4 is 22.4 Å². The van der Waals surface area contributed by atoms with Crippen LogP contribution in [0.4, 0.5) is 5.13 Å². The summed E-state index contributed by atoms with van der Waals surface area (Å²) >= 11 is 1.17. The molecule has 2 aromatic heterocycles. The van der Waals surface area contributed by atoms with Crippen molar-refractivity contribution in [2.45, 2.75) is 26.3 Å². The number of rotatable bonds is 5. The number of aryl methyl sites for hydroxylation is 1. The Morgan fingerprint density at radius 3 is 2.75 bits per heavy atom. The fourth-order valence-electron chi connectivity index (χ4n) is 1.94. The maximum absolute atomic E-state index is 12.2. The lowest BCUT2D eigenvalue weighted by atomic mass is 10.0. The lowest BCUT2D eigenvalue weighted by Gasteiger charge is -2.19. The first kappa shape index (κ1) is 14.4. The fraction of sp³-hybridized carbons (Fsp3) is 0.500. The number of nitrogens with zero attached hydrogens (tertiary/aromatic N) is 4. The molecule has 0 radical (unpaired) electrons. The van der Waals surface area contributed by atoms with Gasteiger partial charge in [0.15, 0.2) is 5.13 Å². The number of nitrogen functional groups attached to an aromatic ring is 1. The molecule has 2 rings (SSSR count). The second-order valence-electron chi connectivity index (χ2n) is 4.96. The Morgan fingerprint density at radius 1 is 1.50 bits per heavy atom. The van der Waals surface area contributed by atoms with E-state index in [1.807, 2.05) is 7.05 Å². The molecule has 1 unspecified atom stereocenters. The zero-order chi connectivity index (χ0) is 14.7. The molecule has 0 bridgehead atoms. The zero-order valence-electron chi connectivity index (χ0n) is 11.7. The molecule has 0 aromatic carbocycles. The van der Waals surface area contributed by atoms with Crippen LogP contribution in [0, 0.1) is 5.92 Å². The van der Waals surface area contributed by atoms with Gasteiger partial charge in [0, 0.05) is 7.05 Å². The van der Waals surface area contributed by atoms with Crippen molar-refractivity contribution in [3.05, 3.63) is 23.2 Å². The van der Waals surface area contributed by atoms with Gasteiger partial charge in [-0.05, 0) is 12.3 Å².